The monoisotopic (exact) mass is 184 g/mol. The predicted molar refractivity (Wildman–Crippen MR) is 58.5 cm³/mol. The molecule has 70 valence electrons. The van der Waals surface area contributed by atoms with E-state index in [0.29, 0.717) is 5.71 Å². The zero-order chi connectivity index (χ0) is 9.97. The molecule has 1 aliphatic carbocycles. The van der Waals surface area contributed by atoms with E-state index in [-0.39, 0.29) is 0 Å². The first-order chi connectivity index (χ1) is 6.83. The molecule has 0 fully saturated rings. The van der Waals surface area contributed by atoms with E-state index in [9.17, 15) is 0 Å². The molecule has 1 aromatic heterocycles. The summed E-state index contributed by atoms with van der Waals surface area (Å²) in [6.07, 6.45) is 8.73. The molecule has 0 aliphatic heterocycles. The number of hydrogen-bond donors (Lipinski definition) is 1. The molecule has 2 heteroatoms. The molecular weight excluding hydrogens is 172 g/mol. The lowest BCUT2D eigenvalue weighted by Crippen LogP contribution is -2.09. The van der Waals surface area contributed by atoms with Gasteiger partial charge in [-0.15, -0.1) is 0 Å². The van der Waals surface area contributed by atoms with Crippen LogP contribution >= 0.6 is 0 Å². The number of nitrogens with zero attached hydrogens (tertiary/aromatic N) is 1. The molecule has 0 unspecified atom stereocenters. The Hall–Kier alpha value is -1.70. The Balaban J connectivity index is 2.50. The zero-order valence-electron chi connectivity index (χ0n) is 8.12. The standard InChI is InChI=1S/C12H12N2/c1-2-4-9-6-7-10-5-3-8-14-12(10)11(9)13/h3-8,13H,2H2,1H3/b9-4-,13-11?. The minimum absolute atomic E-state index is 0.532. The summed E-state index contributed by atoms with van der Waals surface area (Å²) in [6, 6.07) is 3.88. The van der Waals surface area contributed by atoms with Gasteiger partial charge < -0.3 is 0 Å². The first-order valence-electron chi connectivity index (χ1n) is 4.75. The third kappa shape index (κ3) is 1.39. The fraction of sp³-hybridized carbons (Fsp3) is 0.167. The summed E-state index contributed by atoms with van der Waals surface area (Å²) in [5.74, 6) is 0. The van der Waals surface area contributed by atoms with Crippen LogP contribution in [-0.4, -0.2) is 10.7 Å². The Kier molecular flexibility index (Phi) is 2.27. The van der Waals surface area contributed by atoms with Crippen LogP contribution in [0.2, 0.25) is 0 Å². The summed E-state index contributed by atoms with van der Waals surface area (Å²) in [7, 11) is 0. The highest BCUT2D eigenvalue weighted by Crippen LogP contribution is 2.20. The fourth-order valence-electron chi connectivity index (χ4n) is 1.55. The molecule has 2 rings (SSSR count). The number of nitrogens with one attached hydrogen (secondary N) is 1. The second-order valence-corrected chi connectivity index (χ2v) is 3.22. The molecule has 2 nitrogen and oxygen atoms in total. The normalized spacial score (nSPS) is 17.2. The minimum atomic E-state index is 0.532. The molecule has 1 aliphatic rings. The van der Waals surface area contributed by atoms with Crippen molar-refractivity contribution < 1.29 is 0 Å². The first kappa shape index (κ1) is 8.88. The van der Waals surface area contributed by atoms with E-state index < -0.39 is 0 Å². The lowest BCUT2D eigenvalue weighted by Gasteiger charge is -2.12. The number of rotatable bonds is 1. The van der Waals surface area contributed by atoms with Gasteiger partial charge in [0.1, 0.15) is 0 Å². The van der Waals surface area contributed by atoms with Gasteiger partial charge in [-0.05, 0) is 18.1 Å². The Morgan fingerprint density at radius 3 is 3.07 bits per heavy atom. The highest BCUT2D eigenvalue weighted by Gasteiger charge is 2.14. The molecule has 0 radical (unpaired) electrons. The quantitative estimate of drug-likeness (QED) is 0.715. The summed E-state index contributed by atoms with van der Waals surface area (Å²) >= 11 is 0. The number of fused-ring (bicyclic) bond motifs is 1. The largest absolute Gasteiger partial charge is 0.298 e. The van der Waals surface area contributed by atoms with Crippen molar-refractivity contribution in [3.05, 3.63) is 47.3 Å². The van der Waals surface area contributed by atoms with Crippen LogP contribution in [0.5, 0.6) is 0 Å². The molecule has 0 saturated heterocycles. The molecule has 0 spiro atoms. The highest BCUT2D eigenvalue weighted by atomic mass is 14.7. The van der Waals surface area contributed by atoms with Gasteiger partial charge in [0.05, 0.1) is 11.4 Å². The van der Waals surface area contributed by atoms with E-state index in [2.05, 4.69) is 18.0 Å². The number of allylic oxidation sites excluding steroid dienone is 3. The van der Waals surface area contributed by atoms with Crippen LogP contribution in [0.4, 0.5) is 0 Å². The van der Waals surface area contributed by atoms with Gasteiger partial charge >= 0.3 is 0 Å². The summed E-state index contributed by atoms with van der Waals surface area (Å²) in [6.45, 7) is 2.07. The lowest BCUT2D eigenvalue weighted by atomic mass is 9.96. The molecule has 0 amide bonds. The van der Waals surface area contributed by atoms with Crippen LogP contribution in [0.15, 0.2) is 36.1 Å². The summed E-state index contributed by atoms with van der Waals surface area (Å²) in [4.78, 5) is 4.22. The maximum atomic E-state index is 7.95. The molecular formula is C12H12N2. The molecule has 14 heavy (non-hydrogen) atoms. The van der Waals surface area contributed by atoms with Gasteiger partial charge in [0, 0.05) is 11.8 Å². The average molecular weight is 184 g/mol. The second kappa shape index (κ2) is 3.58. The van der Waals surface area contributed by atoms with Crippen LogP contribution in [0.1, 0.15) is 24.6 Å². The SMILES string of the molecule is CC/C=C1/C=Cc2cccnc2C1=N. The first-order valence-corrected chi connectivity index (χ1v) is 4.75. The molecule has 1 N–H and O–H groups in total. The molecule has 0 bridgehead atoms. The van der Waals surface area contributed by atoms with E-state index in [0.717, 1.165) is 23.3 Å². The molecule has 1 heterocycles. The topological polar surface area (TPSA) is 36.7 Å². The van der Waals surface area contributed by atoms with Crippen LogP contribution in [0, 0.1) is 5.41 Å². The Morgan fingerprint density at radius 1 is 1.43 bits per heavy atom. The van der Waals surface area contributed by atoms with E-state index in [1.807, 2.05) is 24.3 Å². The van der Waals surface area contributed by atoms with Crippen molar-refractivity contribution in [2.45, 2.75) is 13.3 Å². The summed E-state index contributed by atoms with van der Waals surface area (Å²) < 4.78 is 0. The van der Waals surface area contributed by atoms with Crippen molar-refractivity contribution in [2.75, 3.05) is 0 Å². The molecule has 0 saturated carbocycles. The lowest BCUT2D eigenvalue weighted by molar-refractivity contribution is 1.20. The molecule has 0 atom stereocenters. The van der Waals surface area contributed by atoms with Gasteiger partial charge in [0.25, 0.3) is 0 Å². The number of pyridine rings is 1. The highest BCUT2D eigenvalue weighted by molar-refractivity contribution is 6.15. The van der Waals surface area contributed by atoms with Crippen LogP contribution in [-0.2, 0) is 0 Å². The predicted octanol–water partition coefficient (Wildman–Crippen LogP) is 2.81. The Bertz CT molecular complexity index is 428. The van der Waals surface area contributed by atoms with Crippen molar-refractivity contribution in [3.63, 3.8) is 0 Å². The Morgan fingerprint density at radius 2 is 2.29 bits per heavy atom. The van der Waals surface area contributed by atoms with E-state index in [1.54, 1.807) is 6.20 Å². The maximum Gasteiger partial charge on any atom is 0.0957 e. The van der Waals surface area contributed by atoms with Crippen LogP contribution in [0.3, 0.4) is 0 Å². The maximum absolute atomic E-state index is 7.95. The van der Waals surface area contributed by atoms with Crippen molar-refractivity contribution in [1.82, 2.24) is 4.98 Å². The number of aromatic nitrogens is 1. The van der Waals surface area contributed by atoms with Crippen molar-refractivity contribution >= 4 is 11.8 Å². The van der Waals surface area contributed by atoms with Crippen molar-refractivity contribution in [1.29, 1.82) is 5.41 Å². The zero-order valence-corrected chi connectivity index (χ0v) is 8.12. The summed E-state index contributed by atoms with van der Waals surface area (Å²) in [5, 5.41) is 7.95. The van der Waals surface area contributed by atoms with Crippen molar-refractivity contribution in [3.8, 4) is 0 Å². The molecule has 1 aromatic rings. The van der Waals surface area contributed by atoms with Gasteiger partial charge in [-0.1, -0.05) is 31.2 Å². The van der Waals surface area contributed by atoms with Crippen LogP contribution in [0.25, 0.3) is 6.08 Å². The van der Waals surface area contributed by atoms with Gasteiger partial charge in [0.2, 0.25) is 0 Å². The average Bonchev–Trinajstić information content (AvgIpc) is 2.23. The van der Waals surface area contributed by atoms with Crippen molar-refractivity contribution in [2.24, 2.45) is 0 Å². The third-order valence-corrected chi connectivity index (χ3v) is 2.23. The van der Waals surface area contributed by atoms with E-state index in [4.69, 9.17) is 5.41 Å². The van der Waals surface area contributed by atoms with Gasteiger partial charge in [-0.3, -0.25) is 10.4 Å². The van der Waals surface area contributed by atoms with E-state index >= 15 is 0 Å². The smallest absolute Gasteiger partial charge is 0.0957 e. The summed E-state index contributed by atoms with van der Waals surface area (Å²) in [5.41, 5.74) is 3.32. The van der Waals surface area contributed by atoms with Crippen LogP contribution < -0.4 is 0 Å². The van der Waals surface area contributed by atoms with Gasteiger partial charge in [0.15, 0.2) is 0 Å². The van der Waals surface area contributed by atoms with Gasteiger partial charge in [-0.2, -0.15) is 0 Å². The minimum Gasteiger partial charge on any atom is -0.298 e. The Labute approximate surface area is 83.5 Å². The van der Waals surface area contributed by atoms with E-state index in [1.165, 1.54) is 0 Å². The third-order valence-electron chi connectivity index (χ3n) is 2.23. The fourth-order valence-corrected chi connectivity index (χ4v) is 1.55. The van der Waals surface area contributed by atoms with Gasteiger partial charge in [-0.25, -0.2) is 0 Å². The number of hydrogen-bond acceptors (Lipinski definition) is 2. The second-order valence-electron chi connectivity index (χ2n) is 3.22. The molecule has 0 aromatic carbocycles.